The van der Waals surface area contributed by atoms with Crippen molar-refractivity contribution in [2.45, 2.75) is 70.8 Å². The van der Waals surface area contributed by atoms with Gasteiger partial charge >= 0.3 is 0 Å². The van der Waals surface area contributed by atoms with Gasteiger partial charge in [-0.1, -0.05) is 56.5 Å². The summed E-state index contributed by atoms with van der Waals surface area (Å²) in [7, 11) is 0. The Balaban J connectivity index is 1.78. The zero-order valence-electron chi connectivity index (χ0n) is 13.1. The molecular formula is C19H31N. The number of nitrogens with one attached hydrogen (secondary N) is 1. The summed E-state index contributed by atoms with van der Waals surface area (Å²) in [6.45, 7) is 3.47. The minimum Gasteiger partial charge on any atom is -0.314 e. The maximum atomic E-state index is 3.81. The van der Waals surface area contributed by atoms with Gasteiger partial charge in [0.15, 0.2) is 0 Å². The van der Waals surface area contributed by atoms with Crippen molar-refractivity contribution in [1.82, 2.24) is 5.32 Å². The Labute approximate surface area is 125 Å². The zero-order chi connectivity index (χ0) is 14.0. The van der Waals surface area contributed by atoms with Crippen LogP contribution >= 0.6 is 0 Å². The molecule has 0 radical (unpaired) electrons. The van der Waals surface area contributed by atoms with Crippen LogP contribution in [-0.4, -0.2) is 12.6 Å². The molecule has 112 valence electrons. The molecule has 2 atom stereocenters. The molecule has 0 spiro atoms. The van der Waals surface area contributed by atoms with Crippen molar-refractivity contribution in [3.8, 4) is 0 Å². The van der Waals surface area contributed by atoms with Crippen molar-refractivity contribution < 1.29 is 0 Å². The molecule has 0 heterocycles. The minimum absolute atomic E-state index is 0.785. The number of benzene rings is 1. The Morgan fingerprint density at radius 1 is 1.05 bits per heavy atom. The van der Waals surface area contributed by atoms with E-state index in [1.54, 1.807) is 0 Å². The molecule has 2 unspecified atom stereocenters. The summed E-state index contributed by atoms with van der Waals surface area (Å²) in [5, 5.41) is 3.81. The normalized spacial score (nSPS) is 23.4. The third-order valence-electron chi connectivity index (χ3n) is 4.70. The van der Waals surface area contributed by atoms with E-state index in [4.69, 9.17) is 0 Å². The molecule has 1 N–H and O–H groups in total. The van der Waals surface area contributed by atoms with Gasteiger partial charge in [-0.25, -0.2) is 0 Å². The van der Waals surface area contributed by atoms with Crippen LogP contribution in [0, 0.1) is 5.92 Å². The van der Waals surface area contributed by atoms with E-state index in [-0.39, 0.29) is 0 Å². The second-order valence-electron chi connectivity index (χ2n) is 6.34. The van der Waals surface area contributed by atoms with Crippen LogP contribution in [0.1, 0.15) is 63.9 Å². The van der Waals surface area contributed by atoms with Gasteiger partial charge in [0.1, 0.15) is 0 Å². The molecule has 2 rings (SSSR count). The van der Waals surface area contributed by atoms with Gasteiger partial charge in [0, 0.05) is 6.04 Å². The summed E-state index contributed by atoms with van der Waals surface area (Å²) >= 11 is 0. The smallest absolute Gasteiger partial charge is 0.00953 e. The van der Waals surface area contributed by atoms with Gasteiger partial charge in [0.2, 0.25) is 0 Å². The number of aryl methyl sites for hydroxylation is 1. The maximum absolute atomic E-state index is 3.81. The quantitative estimate of drug-likeness (QED) is 0.693. The number of hydrogen-bond donors (Lipinski definition) is 1. The highest BCUT2D eigenvalue weighted by Gasteiger charge is 2.22. The molecule has 1 nitrogen and oxygen atoms in total. The van der Waals surface area contributed by atoms with E-state index in [2.05, 4.69) is 42.6 Å². The topological polar surface area (TPSA) is 12.0 Å². The van der Waals surface area contributed by atoms with Gasteiger partial charge in [-0.15, -0.1) is 0 Å². The third kappa shape index (κ3) is 5.28. The first-order valence-electron chi connectivity index (χ1n) is 8.67. The molecule has 1 aromatic carbocycles. The van der Waals surface area contributed by atoms with Crippen LogP contribution < -0.4 is 5.32 Å². The molecule has 0 aromatic heterocycles. The van der Waals surface area contributed by atoms with Gasteiger partial charge in [-0.05, 0) is 56.6 Å². The molecule has 0 bridgehead atoms. The molecule has 1 heteroatoms. The van der Waals surface area contributed by atoms with E-state index in [1.165, 1.54) is 69.9 Å². The number of hydrogen-bond acceptors (Lipinski definition) is 1. The van der Waals surface area contributed by atoms with E-state index >= 15 is 0 Å². The lowest BCUT2D eigenvalue weighted by atomic mass is 9.89. The predicted octanol–water partition coefficient (Wildman–Crippen LogP) is 4.96. The van der Waals surface area contributed by atoms with Crippen molar-refractivity contribution in [2.24, 2.45) is 5.92 Å². The minimum atomic E-state index is 0.785. The summed E-state index contributed by atoms with van der Waals surface area (Å²) in [6, 6.07) is 11.7. The van der Waals surface area contributed by atoms with Gasteiger partial charge in [-0.2, -0.15) is 0 Å². The fourth-order valence-corrected chi connectivity index (χ4v) is 3.54. The summed E-state index contributed by atoms with van der Waals surface area (Å²) in [5.41, 5.74) is 1.50. The maximum Gasteiger partial charge on any atom is 0.00953 e. The first-order valence-corrected chi connectivity index (χ1v) is 8.67. The van der Waals surface area contributed by atoms with E-state index in [0.717, 1.165) is 12.0 Å². The van der Waals surface area contributed by atoms with Crippen molar-refractivity contribution >= 4 is 0 Å². The molecule has 1 aromatic rings. The molecule has 1 saturated carbocycles. The van der Waals surface area contributed by atoms with Crippen molar-refractivity contribution in [1.29, 1.82) is 0 Å². The van der Waals surface area contributed by atoms with Crippen molar-refractivity contribution in [2.75, 3.05) is 6.54 Å². The van der Waals surface area contributed by atoms with Crippen LogP contribution in [0.15, 0.2) is 30.3 Å². The van der Waals surface area contributed by atoms with Gasteiger partial charge < -0.3 is 5.32 Å². The largest absolute Gasteiger partial charge is 0.314 e. The van der Waals surface area contributed by atoms with E-state index < -0.39 is 0 Å². The Kier molecular flexibility index (Phi) is 7.14. The molecule has 1 fully saturated rings. The SMILES string of the molecule is CCCNC1CCCCCC1CCCc1ccccc1. The third-order valence-corrected chi connectivity index (χ3v) is 4.70. The monoisotopic (exact) mass is 273 g/mol. The van der Waals surface area contributed by atoms with Crippen LogP contribution in [-0.2, 0) is 6.42 Å². The Bertz CT molecular complexity index is 346. The summed E-state index contributed by atoms with van der Waals surface area (Å²) in [4.78, 5) is 0. The van der Waals surface area contributed by atoms with E-state index in [9.17, 15) is 0 Å². The molecule has 1 aliphatic carbocycles. The summed E-state index contributed by atoms with van der Waals surface area (Å²) in [5.74, 6) is 0.910. The highest BCUT2D eigenvalue weighted by Crippen LogP contribution is 2.27. The van der Waals surface area contributed by atoms with Crippen LogP contribution in [0.3, 0.4) is 0 Å². The zero-order valence-corrected chi connectivity index (χ0v) is 13.1. The van der Waals surface area contributed by atoms with Gasteiger partial charge in [-0.3, -0.25) is 0 Å². The molecule has 0 aliphatic heterocycles. The first-order chi connectivity index (χ1) is 9.90. The average molecular weight is 273 g/mol. The first kappa shape index (κ1) is 15.6. The van der Waals surface area contributed by atoms with Crippen LogP contribution in [0.5, 0.6) is 0 Å². The highest BCUT2D eigenvalue weighted by molar-refractivity contribution is 5.14. The Morgan fingerprint density at radius 2 is 1.85 bits per heavy atom. The van der Waals surface area contributed by atoms with Crippen molar-refractivity contribution in [3.63, 3.8) is 0 Å². The Morgan fingerprint density at radius 3 is 2.65 bits per heavy atom. The average Bonchev–Trinajstić information content (AvgIpc) is 2.71. The second kappa shape index (κ2) is 9.18. The van der Waals surface area contributed by atoms with Crippen LogP contribution in [0.2, 0.25) is 0 Å². The second-order valence-corrected chi connectivity index (χ2v) is 6.34. The molecule has 0 amide bonds. The highest BCUT2D eigenvalue weighted by atomic mass is 14.9. The molecular weight excluding hydrogens is 242 g/mol. The van der Waals surface area contributed by atoms with Crippen LogP contribution in [0.25, 0.3) is 0 Å². The lowest BCUT2D eigenvalue weighted by Gasteiger charge is -2.26. The van der Waals surface area contributed by atoms with Crippen molar-refractivity contribution in [3.05, 3.63) is 35.9 Å². The number of rotatable bonds is 7. The summed E-state index contributed by atoms with van der Waals surface area (Å²) in [6.07, 6.45) is 12.4. The lowest BCUT2D eigenvalue weighted by Crippen LogP contribution is -2.36. The fraction of sp³-hybridized carbons (Fsp3) is 0.684. The molecule has 1 aliphatic rings. The fourth-order valence-electron chi connectivity index (χ4n) is 3.54. The van der Waals surface area contributed by atoms with Gasteiger partial charge in [0.05, 0.1) is 0 Å². The lowest BCUT2D eigenvalue weighted by molar-refractivity contribution is 0.311. The molecule has 20 heavy (non-hydrogen) atoms. The molecule has 0 saturated heterocycles. The Hall–Kier alpha value is -0.820. The van der Waals surface area contributed by atoms with Gasteiger partial charge in [0.25, 0.3) is 0 Å². The van der Waals surface area contributed by atoms with E-state index in [1.807, 2.05) is 0 Å². The van der Waals surface area contributed by atoms with Crippen LogP contribution in [0.4, 0.5) is 0 Å². The summed E-state index contributed by atoms with van der Waals surface area (Å²) < 4.78 is 0. The standard InChI is InChI=1S/C19H31N/c1-2-16-20-19-15-8-4-7-13-18(19)14-9-12-17-10-5-3-6-11-17/h3,5-6,10-11,18-20H,2,4,7-9,12-16H2,1H3. The predicted molar refractivity (Wildman–Crippen MR) is 88.0 cm³/mol. The van der Waals surface area contributed by atoms with E-state index in [0.29, 0.717) is 0 Å².